The number of nitrogens with zero attached hydrogens (tertiary/aromatic N) is 2. The van der Waals surface area contributed by atoms with Crippen LogP contribution in [0.4, 0.5) is 15.9 Å². The maximum absolute atomic E-state index is 15.2. The van der Waals surface area contributed by atoms with Crippen LogP contribution in [0.1, 0.15) is 20.1 Å². The van der Waals surface area contributed by atoms with Crippen LogP contribution in [0.15, 0.2) is 39.7 Å². The number of hydrogen-bond acceptors (Lipinski definition) is 9. The Balaban J connectivity index is 2.00. The fraction of sp³-hybridized carbons (Fsp3) is 0.368. The van der Waals surface area contributed by atoms with E-state index in [0.717, 1.165) is 20.0 Å². The van der Waals surface area contributed by atoms with Crippen LogP contribution in [0.2, 0.25) is 0 Å². The van der Waals surface area contributed by atoms with E-state index in [1.807, 2.05) is 0 Å². The van der Waals surface area contributed by atoms with Crippen molar-refractivity contribution in [2.75, 3.05) is 5.32 Å². The van der Waals surface area contributed by atoms with Gasteiger partial charge in [0, 0.05) is 6.20 Å². The van der Waals surface area contributed by atoms with Gasteiger partial charge in [-0.1, -0.05) is 12.1 Å². The Bertz CT molecular complexity index is 1090. The van der Waals surface area contributed by atoms with Gasteiger partial charge in [0.15, 0.2) is 35.4 Å². The molecule has 0 spiro atoms. The predicted octanol–water partition coefficient (Wildman–Crippen LogP) is 0.960. The Morgan fingerprint density at radius 3 is 2.58 bits per heavy atom. The SMILES string of the molecule is CC(=O)C(O)[C@H]1O[C@@H](n2cc(Br)c(Nc3ccccc3O)nc2=O)[C@H](F)[C@@]1(O)C(C)=O. The summed E-state index contributed by atoms with van der Waals surface area (Å²) >= 11 is 3.18. The Labute approximate surface area is 183 Å². The normalized spacial score (nSPS) is 26.5. The number of para-hydroxylation sites is 2. The molecule has 10 nitrogen and oxygen atoms in total. The molecule has 0 saturated carbocycles. The molecule has 12 heteroatoms. The van der Waals surface area contributed by atoms with E-state index < -0.39 is 47.5 Å². The molecule has 1 aromatic heterocycles. The standard InChI is InChI=1S/C19H19BrFN3O7/c1-8(25)13(28)15-19(30,9(2)26)14(21)17(31-15)24-7-10(20)16(23-18(24)29)22-11-5-3-4-6-12(11)27/h3-7,13-15,17,27-28,30H,1-2H3,(H,22,23,29)/t13?,14-,15+,17+,19-/m0/s1. The molecule has 0 amide bonds. The highest BCUT2D eigenvalue weighted by atomic mass is 79.9. The summed E-state index contributed by atoms with van der Waals surface area (Å²) in [6, 6.07) is 6.19. The second-order valence-electron chi connectivity index (χ2n) is 7.06. The largest absolute Gasteiger partial charge is 0.506 e. The van der Waals surface area contributed by atoms with Crippen molar-refractivity contribution in [3.05, 3.63) is 45.4 Å². The molecule has 4 N–H and O–H groups in total. The average Bonchev–Trinajstić information content (AvgIpc) is 2.98. The third-order valence-corrected chi connectivity index (χ3v) is 5.58. The number of aliphatic hydroxyl groups is 2. The number of aromatic nitrogens is 2. The van der Waals surface area contributed by atoms with Crippen molar-refractivity contribution >= 4 is 39.0 Å². The fourth-order valence-electron chi connectivity index (χ4n) is 3.25. The highest BCUT2D eigenvalue weighted by Gasteiger charge is 2.63. The first kappa shape index (κ1) is 23.0. The summed E-state index contributed by atoms with van der Waals surface area (Å²) in [4.78, 5) is 39.9. The number of phenols is 1. The molecule has 1 unspecified atom stereocenters. The second-order valence-corrected chi connectivity index (χ2v) is 7.91. The number of benzene rings is 1. The van der Waals surface area contributed by atoms with Crippen LogP contribution in [-0.2, 0) is 14.3 Å². The maximum atomic E-state index is 15.2. The van der Waals surface area contributed by atoms with E-state index in [1.54, 1.807) is 12.1 Å². The quantitative estimate of drug-likeness (QED) is 0.425. The molecule has 5 atom stereocenters. The van der Waals surface area contributed by atoms with Crippen molar-refractivity contribution in [1.29, 1.82) is 0 Å². The number of ether oxygens (including phenoxy) is 1. The molecular formula is C19H19BrFN3O7. The number of phenolic OH excluding ortho intramolecular Hbond substituents is 1. The molecule has 1 aliphatic rings. The summed E-state index contributed by atoms with van der Waals surface area (Å²) < 4.78 is 21.3. The number of aromatic hydroxyl groups is 1. The summed E-state index contributed by atoms with van der Waals surface area (Å²) in [5.41, 5.74) is -3.62. The van der Waals surface area contributed by atoms with Crippen LogP contribution in [0.5, 0.6) is 5.75 Å². The predicted molar refractivity (Wildman–Crippen MR) is 109 cm³/mol. The van der Waals surface area contributed by atoms with Gasteiger partial charge in [-0.25, -0.2) is 9.18 Å². The Morgan fingerprint density at radius 2 is 2.00 bits per heavy atom. The minimum atomic E-state index is -2.85. The van der Waals surface area contributed by atoms with Gasteiger partial charge in [0.25, 0.3) is 0 Å². The molecular weight excluding hydrogens is 481 g/mol. The summed E-state index contributed by atoms with van der Waals surface area (Å²) in [7, 11) is 0. The van der Waals surface area contributed by atoms with Crippen molar-refractivity contribution in [3.63, 3.8) is 0 Å². The van der Waals surface area contributed by atoms with E-state index in [-0.39, 0.29) is 21.7 Å². The summed E-state index contributed by atoms with van der Waals surface area (Å²) in [6.45, 7) is 1.87. The van der Waals surface area contributed by atoms with E-state index in [2.05, 4.69) is 26.2 Å². The van der Waals surface area contributed by atoms with Gasteiger partial charge in [0.1, 0.15) is 18.0 Å². The minimum absolute atomic E-state index is 0.00157. The molecule has 1 saturated heterocycles. The zero-order valence-corrected chi connectivity index (χ0v) is 17.9. The van der Waals surface area contributed by atoms with Gasteiger partial charge >= 0.3 is 5.69 Å². The number of halogens is 2. The molecule has 3 rings (SSSR count). The lowest BCUT2D eigenvalue weighted by molar-refractivity contribution is -0.160. The second kappa shape index (κ2) is 8.46. The number of carbonyl (C=O) groups is 2. The van der Waals surface area contributed by atoms with Gasteiger partial charge in [0.2, 0.25) is 0 Å². The van der Waals surface area contributed by atoms with Gasteiger partial charge in [-0.15, -0.1) is 0 Å². The fourth-order valence-corrected chi connectivity index (χ4v) is 3.66. The van der Waals surface area contributed by atoms with Crippen LogP contribution in [0, 0.1) is 0 Å². The molecule has 0 aliphatic carbocycles. The number of ketones is 2. The summed E-state index contributed by atoms with van der Waals surface area (Å²) in [5.74, 6) is -2.04. The lowest BCUT2D eigenvalue weighted by Crippen LogP contribution is -2.57. The Hall–Kier alpha value is -2.67. The lowest BCUT2D eigenvalue weighted by atomic mass is 9.85. The van der Waals surface area contributed by atoms with Crippen molar-refractivity contribution in [3.8, 4) is 5.75 Å². The molecule has 1 aromatic carbocycles. The van der Waals surface area contributed by atoms with Crippen LogP contribution in [0.25, 0.3) is 0 Å². The van der Waals surface area contributed by atoms with Crippen LogP contribution < -0.4 is 11.0 Å². The highest BCUT2D eigenvalue weighted by molar-refractivity contribution is 9.10. The molecule has 1 aliphatic heterocycles. The monoisotopic (exact) mass is 499 g/mol. The van der Waals surface area contributed by atoms with Crippen molar-refractivity contribution < 1.29 is 34.0 Å². The van der Waals surface area contributed by atoms with Crippen molar-refractivity contribution in [2.24, 2.45) is 0 Å². The number of nitrogens with one attached hydrogen (secondary N) is 1. The first-order chi connectivity index (χ1) is 14.5. The van der Waals surface area contributed by atoms with Gasteiger partial charge in [-0.3, -0.25) is 14.2 Å². The number of rotatable bonds is 6. The van der Waals surface area contributed by atoms with Crippen LogP contribution >= 0.6 is 15.9 Å². The zero-order valence-electron chi connectivity index (χ0n) is 16.3. The molecule has 0 radical (unpaired) electrons. The van der Waals surface area contributed by atoms with Gasteiger partial charge in [0.05, 0.1) is 10.2 Å². The molecule has 166 valence electrons. The number of aliphatic hydroxyl groups excluding tert-OH is 1. The third-order valence-electron chi connectivity index (χ3n) is 5.00. The van der Waals surface area contributed by atoms with E-state index >= 15 is 4.39 Å². The van der Waals surface area contributed by atoms with E-state index in [9.17, 15) is 29.7 Å². The van der Waals surface area contributed by atoms with Gasteiger partial charge in [-0.2, -0.15) is 4.98 Å². The molecule has 31 heavy (non-hydrogen) atoms. The molecule has 2 heterocycles. The number of anilines is 2. The molecule has 0 bridgehead atoms. The summed E-state index contributed by atoms with van der Waals surface area (Å²) in [6.07, 6.45) is -7.13. The van der Waals surface area contributed by atoms with E-state index in [0.29, 0.717) is 4.57 Å². The Morgan fingerprint density at radius 1 is 1.35 bits per heavy atom. The number of hydrogen-bond donors (Lipinski definition) is 4. The van der Waals surface area contributed by atoms with E-state index in [1.165, 1.54) is 12.1 Å². The third kappa shape index (κ3) is 3.99. The summed E-state index contributed by atoms with van der Waals surface area (Å²) in [5, 5.41) is 33.3. The van der Waals surface area contributed by atoms with E-state index in [4.69, 9.17) is 4.74 Å². The van der Waals surface area contributed by atoms with Crippen LogP contribution in [0.3, 0.4) is 0 Å². The van der Waals surface area contributed by atoms with Crippen molar-refractivity contribution in [2.45, 2.75) is 44.1 Å². The topological polar surface area (TPSA) is 151 Å². The Kier molecular flexibility index (Phi) is 6.28. The zero-order chi connectivity index (χ0) is 23.1. The first-order valence-electron chi connectivity index (χ1n) is 9.03. The number of carbonyl (C=O) groups excluding carboxylic acids is 2. The smallest absolute Gasteiger partial charge is 0.351 e. The van der Waals surface area contributed by atoms with Gasteiger partial charge in [-0.05, 0) is 41.9 Å². The first-order valence-corrected chi connectivity index (χ1v) is 9.83. The van der Waals surface area contributed by atoms with Crippen molar-refractivity contribution in [1.82, 2.24) is 9.55 Å². The highest BCUT2D eigenvalue weighted by Crippen LogP contribution is 2.41. The average molecular weight is 500 g/mol. The number of Topliss-reactive ketones (excluding diaryl/α,β-unsaturated/α-hetero) is 2. The maximum Gasteiger partial charge on any atom is 0.351 e. The lowest BCUT2D eigenvalue weighted by Gasteiger charge is -2.28. The molecule has 1 fully saturated rings. The van der Waals surface area contributed by atoms with Gasteiger partial charge < -0.3 is 25.4 Å². The number of alkyl halides is 1. The molecule has 2 aromatic rings. The van der Waals surface area contributed by atoms with Crippen LogP contribution in [-0.4, -0.2) is 60.4 Å². The minimum Gasteiger partial charge on any atom is -0.506 e.